The van der Waals surface area contributed by atoms with Crippen LogP contribution in [0.5, 0.6) is 0 Å². The molecule has 1 saturated heterocycles. The molecule has 1 aliphatic rings. The summed E-state index contributed by atoms with van der Waals surface area (Å²) in [6.07, 6.45) is 0.520. The third-order valence-electron chi connectivity index (χ3n) is 3.30. The van der Waals surface area contributed by atoms with Crippen LogP contribution in [0.3, 0.4) is 0 Å². The van der Waals surface area contributed by atoms with Crippen LogP contribution in [0.25, 0.3) is 0 Å². The fraction of sp³-hybridized carbons (Fsp3) is 0.500. The molecule has 0 radical (unpaired) electrons. The maximum absolute atomic E-state index is 12.2. The van der Waals surface area contributed by atoms with Gasteiger partial charge in [-0.05, 0) is 19.4 Å². The summed E-state index contributed by atoms with van der Waals surface area (Å²) < 4.78 is 0. The molecule has 0 aromatic heterocycles. The molecule has 1 aromatic carbocycles. The SMILES string of the molecule is CCN(C(=O)Cc1cccc(C)c1)C1CNC1. The summed E-state index contributed by atoms with van der Waals surface area (Å²) in [4.78, 5) is 14.2. The minimum absolute atomic E-state index is 0.240. The number of hydrogen-bond donors (Lipinski definition) is 1. The zero-order valence-corrected chi connectivity index (χ0v) is 10.6. The Labute approximate surface area is 103 Å². The third kappa shape index (κ3) is 2.86. The summed E-state index contributed by atoms with van der Waals surface area (Å²) in [5, 5.41) is 3.21. The van der Waals surface area contributed by atoms with E-state index >= 15 is 0 Å². The minimum Gasteiger partial charge on any atom is -0.337 e. The molecule has 3 nitrogen and oxygen atoms in total. The van der Waals surface area contributed by atoms with Crippen molar-refractivity contribution in [2.75, 3.05) is 19.6 Å². The highest BCUT2D eigenvalue weighted by Crippen LogP contribution is 2.10. The molecule has 0 aliphatic carbocycles. The lowest BCUT2D eigenvalue weighted by Crippen LogP contribution is -2.59. The van der Waals surface area contributed by atoms with Crippen LogP contribution in [-0.4, -0.2) is 36.5 Å². The minimum atomic E-state index is 0.240. The monoisotopic (exact) mass is 232 g/mol. The topological polar surface area (TPSA) is 32.3 Å². The molecule has 1 aliphatic heterocycles. The second kappa shape index (κ2) is 5.32. The highest BCUT2D eigenvalue weighted by atomic mass is 16.2. The number of benzene rings is 1. The number of amides is 1. The highest BCUT2D eigenvalue weighted by molar-refractivity contribution is 5.79. The van der Waals surface area contributed by atoms with E-state index in [0.29, 0.717) is 12.5 Å². The second-order valence-corrected chi connectivity index (χ2v) is 4.66. The van der Waals surface area contributed by atoms with Crippen LogP contribution in [0.2, 0.25) is 0 Å². The molecule has 1 amide bonds. The number of carbonyl (C=O) groups excluding carboxylic acids is 1. The molecule has 0 saturated carbocycles. The summed E-state index contributed by atoms with van der Waals surface area (Å²) in [5.74, 6) is 0.240. The predicted octanol–water partition coefficient (Wildman–Crippen LogP) is 1.36. The molecule has 1 heterocycles. The zero-order chi connectivity index (χ0) is 12.3. The van der Waals surface area contributed by atoms with Crippen molar-refractivity contribution in [3.05, 3.63) is 35.4 Å². The molecule has 0 spiro atoms. The Morgan fingerprint density at radius 2 is 2.24 bits per heavy atom. The Balaban J connectivity index is 1.99. The van der Waals surface area contributed by atoms with Crippen molar-refractivity contribution in [1.29, 1.82) is 0 Å². The first-order chi connectivity index (χ1) is 8.20. The number of rotatable bonds is 4. The molecule has 0 atom stereocenters. The van der Waals surface area contributed by atoms with Crippen LogP contribution in [0, 0.1) is 6.92 Å². The van der Waals surface area contributed by atoms with Crippen molar-refractivity contribution >= 4 is 5.91 Å². The van der Waals surface area contributed by atoms with Gasteiger partial charge in [0.05, 0.1) is 12.5 Å². The Morgan fingerprint density at radius 3 is 2.76 bits per heavy atom. The first kappa shape index (κ1) is 12.1. The standard InChI is InChI=1S/C14H20N2O/c1-3-16(13-9-15-10-13)14(17)8-12-6-4-5-11(2)7-12/h4-7,13,15H,3,8-10H2,1-2H3. The molecule has 2 rings (SSSR count). The number of carbonyl (C=O) groups is 1. The van der Waals surface area contributed by atoms with Crippen LogP contribution in [-0.2, 0) is 11.2 Å². The predicted molar refractivity (Wildman–Crippen MR) is 68.9 cm³/mol. The van der Waals surface area contributed by atoms with Gasteiger partial charge in [-0.1, -0.05) is 29.8 Å². The average molecular weight is 232 g/mol. The van der Waals surface area contributed by atoms with E-state index in [0.717, 1.165) is 25.2 Å². The van der Waals surface area contributed by atoms with Crippen molar-refractivity contribution in [3.63, 3.8) is 0 Å². The summed E-state index contributed by atoms with van der Waals surface area (Å²) in [6, 6.07) is 8.58. The Morgan fingerprint density at radius 1 is 1.47 bits per heavy atom. The lowest BCUT2D eigenvalue weighted by atomic mass is 10.1. The van der Waals surface area contributed by atoms with Crippen molar-refractivity contribution in [3.8, 4) is 0 Å². The van der Waals surface area contributed by atoms with E-state index < -0.39 is 0 Å². The molecule has 1 aromatic rings. The Hall–Kier alpha value is -1.35. The smallest absolute Gasteiger partial charge is 0.227 e. The van der Waals surface area contributed by atoms with E-state index in [4.69, 9.17) is 0 Å². The van der Waals surface area contributed by atoms with Crippen LogP contribution in [0.15, 0.2) is 24.3 Å². The van der Waals surface area contributed by atoms with Gasteiger partial charge >= 0.3 is 0 Å². The Kier molecular flexibility index (Phi) is 3.79. The van der Waals surface area contributed by atoms with Crippen molar-refractivity contribution in [2.24, 2.45) is 0 Å². The Bertz CT molecular complexity index is 399. The van der Waals surface area contributed by atoms with Gasteiger partial charge in [0.25, 0.3) is 0 Å². The van der Waals surface area contributed by atoms with E-state index in [9.17, 15) is 4.79 Å². The van der Waals surface area contributed by atoms with E-state index in [1.807, 2.05) is 24.0 Å². The number of aryl methyl sites for hydroxylation is 1. The molecule has 1 N–H and O–H groups in total. The van der Waals surface area contributed by atoms with E-state index in [1.165, 1.54) is 5.56 Å². The van der Waals surface area contributed by atoms with Crippen molar-refractivity contribution in [2.45, 2.75) is 26.3 Å². The first-order valence-corrected chi connectivity index (χ1v) is 6.26. The molecule has 3 heteroatoms. The quantitative estimate of drug-likeness (QED) is 0.850. The van der Waals surface area contributed by atoms with Gasteiger partial charge in [-0.2, -0.15) is 0 Å². The van der Waals surface area contributed by atoms with Gasteiger partial charge < -0.3 is 10.2 Å². The van der Waals surface area contributed by atoms with Crippen LogP contribution >= 0.6 is 0 Å². The molecule has 1 fully saturated rings. The van der Waals surface area contributed by atoms with Crippen LogP contribution in [0.4, 0.5) is 0 Å². The maximum atomic E-state index is 12.2. The molecule has 0 unspecified atom stereocenters. The van der Waals surface area contributed by atoms with Crippen molar-refractivity contribution in [1.82, 2.24) is 10.2 Å². The third-order valence-corrected chi connectivity index (χ3v) is 3.30. The van der Waals surface area contributed by atoms with Gasteiger partial charge in [0.15, 0.2) is 0 Å². The highest BCUT2D eigenvalue weighted by Gasteiger charge is 2.26. The van der Waals surface area contributed by atoms with E-state index in [2.05, 4.69) is 24.4 Å². The normalized spacial score (nSPS) is 15.4. The molecular formula is C14H20N2O. The maximum Gasteiger partial charge on any atom is 0.227 e. The molecule has 0 bridgehead atoms. The zero-order valence-electron chi connectivity index (χ0n) is 10.6. The van der Waals surface area contributed by atoms with Gasteiger partial charge in [0.1, 0.15) is 0 Å². The number of nitrogens with one attached hydrogen (secondary N) is 1. The lowest BCUT2D eigenvalue weighted by molar-refractivity contribution is -0.133. The molecule has 92 valence electrons. The number of nitrogens with zero attached hydrogens (tertiary/aromatic N) is 1. The van der Waals surface area contributed by atoms with Crippen LogP contribution < -0.4 is 5.32 Å². The second-order valence-electron chi connectivity index (χ2n) is 4.66. The van der Waals surface area contributed by atoms with Gasteiger partial charge in [-0.15, -0.1) is 0 Å². The lowest BCUT2D eigenvalue weighted by Gasteiger charge is -2.37. The molecule has 17 heavy (non-hydrogen) atoms. The number of likely N-dealkylation sites (N-methyl/N-ethyl adjacent to an activating group) is 1. The number of hydrogen-bond acceptors (Lipinski definition) is 2. The summed E-state index contributed by atoms with van der Waals surface area (Å²) >= 11 is 0. The van der Waals surface area contributed by atoms with Gasteiger partial charge in [0.2, 0.25) is 5.91 Å². The summed E-state index contributed by atoms with van der Waals surface area (Å²) in [7, 11) is 0. The summed E-state index contributed by atoms with van der Waals surface area (Å²) in [5.41, 5.74) is 2.32. The van der Waals surface area contributed by atoms with Crippen LogP contribution in [0.1, 0.15) is 18.1 Å². The van der Waals surface area contributed by atoms with E-state index in [-0.39, 0.29) is 5.91 Å². The largest absolute Gasteiger partial charge is 0.337 e. The van der Waals surface area contributed by atoms with Gasteiger partial charge in [-0.3, -0.25) is 4.79 Å². The molecular weight excluding hydrogens is 212 g/mol. The van der Waals surface area contributed by atoms with Gasteiger partial charge in [-0.25, -0.2) is 0 Å². The first-order valence-electron chi connectivity index (χ1n) is 6.26. The van der Waals surface area contributed by atoms with E-state index in [1.54, 1.807) is 0 Å². The summed E-state index contributed by atoms with van der Waals surface area (Å²) in [6.45, 7) is 6.78. The average Bonchev–Trinajstić information content (AvgIpc) is 2.22. The fourth-order valence-electron chi connectivity index (χ4n) is 2.23. The van der Waals surface area contributed by atoms with Crippen molar-refractivity contribution < 1.29 is 4.79 Å². The fourth-order valence-corrected chi connectivity index (χ4v) is 2.23. The van der Waals surface area contributed by atoms with Gasteiger partial charge in [0, 0.05) is 19.6 Å².